The van der Waals surface area contributed by atoms with Gasteiger partial charge in [0, 0.05) is 15.7 Å². The molecule has 11 rings (SSSR count). The number of aromatic amines is 1. The molecule has 98 heavy (non-hydrogen) atoms. The molecule has 524 valence electrons. The summed E-state index contributed by atoms with van der Waals surface area (Å²) in [6, 6.07) is 33.2. The Hall–Kier alpha value is -8.65. The minimum absolute atomic E-state index is 0.0640. The number of thioether (sulfide) groups is 3. The third-order valence-electron chi connectivity index (χ3n) is 16.4. The molecule has 5 aromatic carbocycles. The van der Waals surface area contributed by atoms with E-state index in [0.29, 0.717) is 28.2 Å². The van der Waals surface area contributed by atoms with Crippen LogP contribution in [0.4, 0.5) is 39.5 Å². The number of nitrogens with zero attached hydrogens (tertiary/aromatic N) is 8. The van der Waals surface area contributed by atoms with Crippen LogP contribution in [0.25, 0.3) is 0 Å². The lowest BCUT2D eigenvalue weighted by Crippen LogP contribution is -2.18. The van der Waals surface area contributed by atoms with Crippen LogP contribution < -0.4 is 23.7 Å². The number of methoxy groups -OCH3 is 2. The van der Waals surface area contributed by atoms with Crippen molar-refractivity contribution in [3.8, 4) is 28.7 Å². The molecule has 0 spiro atoms. The SMILES string of the molecule is CCOC(=O)c1nnn(Cc2ccc(OC)cc2)c1SC1CCC(c2ccc(OC(F)(F)F)cc2)CC1.COc1ccc(Cn2nnc(C(=O)O)c2SC2CCC(c3ccc(OC(F)(F)F)cc3)CC2)cc1.O=C(O)c1n[nH]nc1SC1CCC(c2ccc(OC(F)(F)F)cc2)CC1. The van der Waals surface area contributed by atoms with Crippen LogP contribution in [0.15, 0.2) is 136 Å². The first-order valence-electron chi connectivity index (χ1n) is 31.0. The van der Waals surface area contributed by atoms with Gasteiger partial charge in [-0.1, -0.05) is 82.9 Å². The van der Waals surface area contributed by atoms with E-state index in [9.17, 15) is 59.0 Å². The van der Waals surface area contributed by atoms with Gasteiger partial charge in [0.05, 0.1) is 33.9 Å². The fourth-order valence-corrected chi connectivity index (χ4v) is 15.3. The number of aromatic carboxylic acids is 2. The highest BCUT2D eigenvalue weighted by molar-refractivity contribution is 8.00. The fourth-order valence-electron chi connectivity index (χ4n) is 11.6. The van der Waals surface area contributed by atoms with Gasteiger partial charge in [0.25, 0.3) is 0 Å². The number of alkyl halides is 9. The summed E-state index contributed by atoms with van der Waals surface area (Å²) in [5.41, 5.74) is 4.96. The number of nitrogens with one attached hydrogen (secondary N) is 1. The molecule has 3 saturated carbocycles. The first kappa shape index (κ1) is 73.6. The van der Waals surface area contributed by atoms with E-state index in [1.807, 2.05) is 48.5 Å². The molecule has 20 nitrogen and oxygen atoms in total. The van der Waals surface area contributed by atoms with E-state index in [2.05, 4.69) is 50.2 Å². The number of benzene rings is 5. The average molecular weight is 1430 g/mol. The number of hydrogen-bond donors (Lipinski definition) is 3. The number of halogens is 9. The molecule has 0 amide bonds. The molecule has 0 atom stereocenters. The third-order valence-corrected chi connectivity index (χ3v) is 20.5. The number of esters is 1. The van der Waals surface area contributed by atoms with Gasteiger partial charge in [-0.2, -0.15) is 5.21 Å². The predicted octanol–water partition coefficient (Wildman–Crippen LogP) is 16.2. The van der Waals surface area contributed by atoms with E-state index in [0.717, 1.165) is 116 Å². The van der Waals surface area contributed by atoms with Crippen molar-refractivity contribution in [2.75, 3.05) is 20.8 Å². The zero-order valence-corrected chi connectivity index (χ0v) is 55.3. The minimum Gasteiger partial charge on any atom is -0.497 e. The summed E-state index contributed by atoms with van der Waals surface area (Å²) < 4.78 is 142. The van der Waals surface area contributed by atoms with Crippen LogP contribution in [0, 0.1) is 0 Å². The Bertz CT molecular complexity index is 3860. The lowest BCUT2D eigenvalue weighted by molar-refractivity contribution is -0.275. The largest absolute Gasteiger partial charge is 0.573 e. The molecule has 3 aliphatic carbocycles. The van der Waals surface area contributed by atoms with Crippen LogP contribution in [-0.4, -0.2) is 129 Å². The van der Waals surface area contributed by atoms with Crippen molar-refractivity contribution in [1.82, 2.24) is 45.4 Å². The zero-order chi connectivity index (χ0) is 70.2. The lowest BCUT2D eigenvalue weighted by Gasteiger charge is -2.28. The molecule has 8 aromatic rings. The fraction of sp³-hybridized carbons (Fsp3) is 0.409. The second-order valence-electron chi connectivity index (χ2n) is 22.9. The number of rotatable bonds is 22. The van der Waals surface area contributed by atoms with Crippen molar-refractivity contribution in [2.24, 2.45) is 0 Å². The summed E-state index contributed by atoms with van der Waals surface area (Å²) in [5.74, 6) is -1.18. The number of aromatic nitrogens is 9. The Morgan fingerprint density at radius 2 is 0.786 bits per heavy atom. The van der Waals surface area contributed by atoms with Crippen molar-refractivity contribution in [2.45, 2.75) is 165 Å². The standard InChI is InChI=1S/C26H28F3N3O4S.C24H24F3N3O4S.C16H16F3N3O3S/c1-3-35-25(33)23-24(32(31-30-23)16-17-4-10-20(34-2)11-5-17)37-22-14-8-19(9-15-22)18-6-12-21(13-7-18)36-26(27,28)29;1-33-18-8-2-15(3-9-18)14-30-22(21(23(31)32)28-29-30)35-20-12-6-17(7-13-20)16-4-10-19(11-5-16)34-24(25,26)27;17-16(18,19)25-11-5-1-9(2-6-11)10-3-7-12(8-4-10)26-14-13(15(23)24)20-22-21-14/h4-7,10-13,19,22H,3,8-9,14-16H2,1-2H3;2-5,8-11,17,20H,6-7,12-14H2,1H3,(H,31,32);1-2,5-6,10,12H,3-4,7-8H2,(H,23,24)(H,20,21,22). The van der Waals surface area contributed by atoms with Gasteiger partial charge in [0.1, 0.15) is 38.8 Å². The molecule has 0 unspecified atom stereocenters. The minimum atomic E-state index is -4.71. The lowest BCUT2D eigenvalue weighted by atomic mass is 9.84. The van der Waals surface area contributed by atoms with Gasteiger partial charge in [-0.15, -0.1) is 83.4 Å². The topological polar surface area (TPSA) is 250 Å². The molecule has 3 fully saturated rings. The van der Waals surface area contributed by atoms with Crippen molar-refractivity contribution >= 4 is 53.2 Å². The number of carbonyl (C=O) groups excluding carboxylic acids is 1. The smallest absolute Gasteiger partial charge is 0.497 e. The van der Waals surface area contributed by atoms with E-state index in [1.165, 1.54) is 59.9 Å². The van der Waals surface area contributed by atoms with Gasteiger partial charge in [-0.25, -0.2) is 23.7 Å². The number of carboxylic acids is 2. The number of ether oxygens (including phenoxy) is 6. The summed E-state index contributed by atoms with van der Waals surface area (Å²) >= 11 is 4.45. The Morgan fingerprint density at radius 1 is 0.459 bits per heavy atom. The second kappa shape index (κ2) is 33.7. The van der Waals surface area contributed by atoms with Crippen LogP contribution >= 0.6 is 35.3 Å². The average Bonchev–Trinajstić information content (AvgIpc) is 1.65. The third kappa shape index (κ3) is 21.7. The molecule has 3 N–H and O–H groups in total. The maximum absolute atomic E-state index is 12.6. The maximum atomic E-state index is 12.6. The molecule has 3 aliphatic rings. The zero-order valence-electron chi connectivity index (χ0n) is 52.9. The highest BCUT2D eigenvalue weighted by Gasteiger charge is 2.35. The van der Waals surface area contributed by atoms with Gasteiger partial charge in [0.2, 0.25) is 17.1 Å². The van der Waals surface area contributed by atoms with E-state index in [1.54, 1.807) is 78.7 Å². The molecule has 0 radical (unpaired) electrons. The van der Waals surface area contributed by atoms with Gasteiger partial charge in [-0.05, 0) is 190 Å². The molecule has 32 heteroatoms. The van der Waals surface area contributed by atoms with Crippen LogP contribution in [0.2, 0.25) is 0 Å². The number of hydrogen-bond acceptors (Lipinski definition) is 18. The highest BCUT2D eigenvalue weighted by atomic mass is 32.2. The summed E-state index contributed by atoms with van der Waals surface area (Å²) in [4.78, 5) is 35.4. The van der Waals surface area contributed by atoms with Crippen molar-refractivity contribution in [3.05, 3.63) is 166 Å². The molecular formula is C66H68F9N9O11S3. The van der Waals surface area contributed by atoms with E-state index < -0.39 is 37.0 Å². The Balaban J connectivity index is 0.000000175. The predicted molar refractivity (Wildman–Crippen MR) is 342 cm³/mol. The van der Waals surface area contributed by atoms with Crippen LogP contribution in [-0.2, 0) is 17.8 Å². The van der Waals surface area contributed by atoms with Crippen molar-refractivity contribution < 1.29 is 92.5 Å². The quantitative estimate of drug-likeness (QED) is 0.0421. The Morgan fingerprint density at radius 3 is 1.11 bits per heavy atom. The van der Waals surface area contributed by atoms with Gasteiger partial charge >= 0.3 is 37.0 Å². The first-order valence-corrected chi connectivity index (χ1v) is 33.7. The molecular weight excluding hydrogens is 1360 g/mol. The summed E-state index contributed by atoms with van der Waals surface area (Å²) in [5, 5.41) is 47.1. The van der Waals surface area contributed by atoms with Crippen LogP contribution in [0.5, 0.6) is 28.7 Å². The van der Waals surface area contributed by atoms with Gasteiger partial charge in [-0.3, -0.25) is 0 Å². The Labute approximate surface area is 569 Å². The maximum Gasteiger partial charge on any atom is 0.573 e. The summed E-state index contributed by atoms with van der Waals surface area (Å²) in [6.07, 6.45) is -3.74. The van der Waals surface area contributed by atoms with Gasteiger partial charge in [0.15, 0.2) is 5.03 Å². The van der Waals surface area contributed by atoms with Gasteiger partial charge < -0.3 is 38.6 Å². The summed E-state index contributed by atoms with van der Waals surface area (Å²) in [6.45, 7) is 2.82. The number of H-pyrrole nitrogens is 1. The molecule has 0 aliphatic heterocycles. The number of carboxylic acid groups (broad SMARTS) is 2. The van der Waals surface area contributed by atoms with Crippen LogP contribution in [0.1, 0.15) is 161 Å². The molecule has 3 aromatic heterocycles. The second-order valence-corrected chi connectivity index (χ2v) is 26.8. The molecule has 0 saturated heterocycles. The van der Waals surface area contributed by atoms with Crippen molar-refractivity contribution in [1.29, 1.82) is 0 Å². The van der Waals surface area contributed by atoms with Crippen LogP contribution in [0.3, 0.4) is 0 Å². The first-order chi connectivity index (χ1) is 46.8. The van der Waals surface area contributed by atoms with E-state index >= 15 is 0 Å². The normalized spacial score (nSPS) is 18.8. The van der Waals surface area contributed by atoms with Crippen molar-refractivity contribution in [3.63, 3.8) is 0 Å². The van der Waals surface area contributed by atoms with E-state index in [4.69, 9.17) is 19.3 Å². The number of carbonyl (C=O) groups is 3. The summed E-state index contributed by atoms with van der Waals surface area (Å²) in [7, 11) is 3.20. The Kier molecular flexibility index (Phi) is 25.3. The molecule has 0 bridgehead atoms. The molecule has 3 heterocycles. The monoisotopic (exact) mass is 1430 g/mol. The highest BCUT2D eigenvalue weighted by Crippen LogP contribution is 2.45. The van der Waals surface area contributed by atoms with E-state index in [-0.39, 0.29) is 74.4 Å².